The van der Waals surface area contributed by atoms with Gasteiger partial charge in [-0.2, -0.15) is 5.10 Å². The molecule has 8 heteroatoms. The number of amides is 1. The third-order valence-electron chi connectivity index (χ3n) is 4.72. The number of nitrogens with zero attached hydrogens (tertiary/aromatic N) is 4. The number of ether oxygens (including phenoxy) is 2. The van der Waals surface area contributed by atoms with Crippen LogP contribution in [0.2, 0.25) is 0 Å². The minimum absolute atomic E-state index is 0.0746. The van der Waals surface area contributed by atoms with Crippen LogP contribution in [0, 0.1) is 6.92 Å². The monoisotopic (exact) mass is 356 g/mol. The molecule has 1 fully saturated rings. The summed E-state index contributed by atoms with van der Waals surface area (Å²) in [5, 5.41) is 5.20. The van der Waals surface area contributed by atoms with Gasteiger partial charge in [0, 0.05) is 18.5 Å². The van der Waals surface area contributed by atoms with Crippen LogP contribution in [0.5, 0.6) is 5.75 Å². The van der Waals surface area contributed by atoms with Crippen molar-refractivity contribution in [2.75, 3.05) is 33.4 Å². The second-order valence-electron chi connectivity index (χ2n) is 6.26. The summed E-state index contributed by atoms with van der Waals surface area (Å²) < 4.78 is 13.7. The number of benzene rings is 1. The van der Waals surface area contributed by atoms with E-state index in [-0.39, 0.29) is 18.0 Å². The summed E-state index contributed by atoms with van der Waals surface area (Å²) in [6.45, 7) is 3.88. The molecule has 0 N–H and O–H groups in total. The first-order chi connectivity index (χ1) is 12.6. The van der Waals surface area contributed by atoms with Crippen LogP contribution in [-0.4, -0.2) is 58.4 Å². The van der Waals surface area contributed by atoms with Gasteiger partial charge < -0.3 is 14.4 Å². The number of aryl methyl sites for hydroxylation is 1. The molecular formula is C18H20N4O4. The summed E-state index contributed by atoms with van der Waals surface area (Å²) in [5.41, 5.74) is 1.04. The Bertz CT molecular complexity index is 1050. The first-order valence-electron chi connectivity index (χ1n) is 8.51. The predicted molar refractivity (Wildman–Crippen MR) is 95.6 cm³/mol. The van der Waals surface area contributed by atoms with E-state index in [0.717, 1.165) is 10.9 Å². The van der Waals surface area contributed by atoms with E-state index in [1.807, 2.05) is 25.1 Å². The van der Waals surface area contributed by atoms with Crippen molar-refractivity contribution < 1.29 is 14.3 Å². The van der Waals surface area contributed by atoms with Crippen molar-refractivity contribution in [1.29, 1.82) is 0 Å². The fraction of sp³-hybridized carbons (Fsp3) is 0.389. The van der Waals surface area contributed by atoms with Crippen LogP contribution >= 0.6 is 0 Å². The highest BCUT2D eigenvalue weighted by Gasteiger charge is 2.20. The number of aromatic nitrogens is 3. The molecule has 1 amide bonds. The zero-order chi connectivity index (χ0) is 18.3. The third-order valence-corrected chi connectivity index (χ3v) is 4.72. The molecule has 0 atom stereocenters. The number of carbonyl (C=O) groups is 1. The van der Waals surface area contributed by atoms with Gasteiger partial charge in [-0.3, -0.25) is 14.0 Å². The highest BCUT2D eigenvalue weighted by atomic mass is 16.5. The van der Waals surface area contributed by atoms with Crippen LogP contribution in [-0.2, 0) is 16.1 Å². The van der Waals surface area contributed by atoms with E-state index in [9.17, 15) is 9.59 Å². The molecule has 0 unspecified atom stereocenters. The number of hydrogen-bond donors (Lipinski definition) is 0. The Balaban J connectivity index is 1.80. The Morgan fingerprint density at radius 3 is 2.77 bits per heavy atom. The standard InChI is InChI=1S/C18H20N4O4/c1-12-19-21(11-17(23)20-6-8-26-9-7-20)18(24)15-10-13-14(22(12)15)4-3-5-16(13)25-2/h3-5,10H,6-9,11H2,1-2H3. The van der Waals surface area contributed by atoms with E-state index >= 15 is 0 Å². The molecule has 1 aromatic carbocycles. The summed E-state index contributed by atoms with van der Waals surface area (Å²) >= 11 is 0. The SMILES string of the molecule is COc1cccc2c1cc1c(=O)n(CC(=O)N3CCOCC3)nc(C)n12. The highest BCUT2D eigenvalue weighted by Crippen LogP contribution is 2.28. The molecule has 1 aliphatic rings. The lowest BCUT2D eigenvalue weighted by molar-refractivity contribution is -0.136. The van der Waals surface area contributed by atoms with E-state index in [1.54, 1.807) is 22.5 Å². The number of methoxy groups -OCH3 is 1. The summed E-state index contributed by atoms with van der Waals surface area (Å²) in [6, 6.07) is 7.44. The van der Waals surface area contributed by atoms with E-state index in [0.29, 0.717) is 43.4 Å². The smallest absolute Gasteiger partial charge is 0.291 e. The molecule has 136 valence electrons. The average molecular weight is 356 g/mol. The molecule has 2 aromatic heterocycles. The summed E-state index contributed by atoms with van der Waals surface area (Å²) in [7, 11) is 1.60. The zero-order valence-corrected chi connectivity index (χ0v) is 14.8. The van der Waals surface area contributed by atoms with Crippen molar-refractivity contribution in [2.24, 2.45) is 0 Å². The molecule has 0 aliphatic carbocycles. The molecular weight excluding hydrogens is 336 g/mol. The predicted octanol–water partition coefficient (Wildman–Crippen LogP) is 0.825. The van der Waals surface area contributed by atoms with Crippen molar-refractivity contribution in [1.82, 2.24) is 19.1 Å². The normalized spacial score (nSPS) is 14.9. The number of morpholine rings is 1. The van der Waals surface area contributed by atoms with Crippen molar-refractivity contribution >= 4 is 22.3 Å². The van der Waals surface area contributed by atoms with Crippen LogP contribution in [0.15, 0.2) is 29.1 Å². The quantitative estimate of drug-likeness (QED) is 0.694. The van der Waals surface area contributed by atoms with Crippen LogP contribution in [0.25, 0.3) is 16.4 Å². The van der Waals surface area contributed by atoms with Gasteiger partial charge in [-0.1, -0.05) is 6.07 Å². The van der Waals surface area contributed by atoms with Gasteiger partial charge in [0.1, 0.15) is 23.6 Å². The van der Waals surface area contributed by atoms with Crippen molar-refractivity contribution in [3.8, 4) is 5.75 Å². The van der Waals surface area contributed by atoms with Crippen molar-refractivity contribution in [3.05, 3.63) is 40.4 Å². The Kier molecular flexibility index (Phi) is 4.12. The molecule has 1 aliphatic heterocycles. The maximum Gasteiger partial charge on any atom is 0.291 e. The van der Waals surface area contributed by atoms with Crippen LogP contribution in [0.3, 0.4) is 0 Å². The Morgan fingerprint density at radius 1 is 1.27 bits per heavy atom. The average Bonchev–Trinajstić information content (AvgIpc) is 3.07. The Morgan fingerprint density at radius 2 is 2.04 bits per heavy atom. The summed E-state index contributed by atoms with van der Waals surface area (Å²) in [6.07, 6.45) is 0. The van der Waals surface area contributed by atoms with Gasteiger partial charge in [-0.05, 0) is 25.1 Å². The van der Waals surface area contributed by atoms with E-state index < -0.39 is 0 Å². The van der Waals surface area contributed by atoms with Crippen LogP contribution < -0.4 is 10.3 Å². The Hall–Kier alpha value is -2.87. The van der Waals surface area contributed by atoms with Gasteiger partial charge in [0.15, 0.2) is 0 Å². The third kappa shape index (κ3) is 2.62. The second kappa shape index (κ2) is 6.45. The fourth-order valence-corrected chi connectivity index (χ4v) is 3.43. The molecule has 0 radical (unpaired) electrons. The number of fused-ring (bicyclic) bond motifs is 3. The second-order valence-corrected chi connectivity index (χ2v) is 6.26. The van der Waals surface area contributed by atoms with Gasteiger partial charge in [0.05, 0.1) is 25.8 Å². The largest absolute Gasteiger partial charge is 0.496 e. The molecule has 26 heavy (non-hydrogen) atoms. The Labute approximate surface area is 149 Å². The fourth-order valence-electron chi connectivity index (χ4n) is 3.43. The number of hydrogen-bond acceptors (Lipinski definition) is 5. The molecule has 0 saturated carbocycles. The topological polar surface area (TPSA) is 78.1 Å². The minimum atomic E-state index is -0.296. The van der Waals surface area contributed by atoms with Gasteiger partial charge >= 0.3 is 0 Å². The highest BCUT2D eigenvalue weighted by molar-refractivity contribution is 5.92. The van der Waals surface area contributed by atoms with Gasteiger partial charge in [0.2, 0.25) is 5.91 Å². The van der Waals surface area contributed by atoms with Crippen LogP contribution in [0.4, 0.5) is 0 Å². The molecule has 0 bridgehead atoms. The first-order valence-corrected chi connectivity index (χ1v) is 8.51. The first kappa shape index (κ1) is 16.6. The lowest BCUT2D eigenvalue weighted by Crippen LogP contribution is -2.44. The van der Waals surface area contributed by atoms with E-state index in [2.05, 4.69) is 5.10 Å². The lowest BCUT2D eigenvalue weighted by Gasteiger charge is -2.26. The van der Waals surface area contributed by atoms with Gasteiger partial charge in [-0.25, -0.2) is 4.68 Å². The molecule has 3 aromatic rings. The van der Waals surface area contributed by atoms with Gasteiger partial charge in [0.25, 0.3) is 5.56 Å². The number of carbonyl (C=O) groups excluding carboxylic acids is 1. The minimum Gasteiger partial charge on any atom is -0.496 e. The van der Waals surface area contributed by atoms with Crippen LogP contribution in [0.1, 0.15) is 5.82 Å². The van der Waals surface area contributed by atoms with Crippen molar-refractivity contribution in [2.45, 2.75) is 13.5 Å². The summed E-state index contributed by atoms with van der Waals surface area (Å²) in [5.74, 6) is 1.21. The lowest BCUT2D eigenvalue weighted by atomic mass is 10.2. The molecule has 3 heterocycles. The maximum atomic E-state index is 12.9. The summed E-state index contributed by atoms with van der Waals surface area (Å²) in [4.78, 5) is 27.1. The van der Waals surface area contributed by atoms with Gasteiger partial charge in [-0.15, -0.1) is 0 Å². The molecule has 4 rings (SSSR count). The molecule has 1 saturated heterocycles. The number of rotatable bonds is 3. The van der Waals surface area contributed by atoms with E-state index in [4.69, 9.17) is 9.47 Å². The zero-order valence-electron chi connectivity index (χ0n) is 14.8. The van der Waals surface area contributed by atoms with E-state index in [1.165, 1.54) is 4.68 Å². The maximum absolute atomic E-state index is 12.9. The molecule has 8 nitrogen and oxygen atoms in total. The molecule has 0 spiro atoms. The van der Waals surface area contributed by atoms with Crippen molar-refractivity contribution in [3.63, 3.8) is 0 Å².